The average molecular weight is 156 g/mol. The Balaban J connectivity index is 3.71. The molecule has 0 aromatic carbocycles. The van der Waals surface area contributed by atoms with Gasteiger partial charge in [0.1, 0.15) is 0 Å². The Morgan fingerprint density at radius 3 is 2.20 bits per heavy atom. The SMILES string of the molecule is O=C(C(F)F)C(F)CCO. The van der Waals surface area contributed by atoms with Crippen LogP contribution in [0.2, 0.25) is 0 Å². The molecule has 0 rings (SSSR count). The van der Waals surface area contributed by atoms with Crippen molar-refractivity contribution in [2.24, 2.45) is 0 Å². The fourth-order valence-electron chi connectivity index (χ4n) is 0.392. The molecule has 1 atom stereocenters. The molecule has 0 aliphatic heterocycles. The molecule has 0 radical (unpaired) electrons. The second kappa shape index (κ2) is 4.27. The highest BCUT2D eigenvalue weighted by Crippen LogP contribution is 2.05. The van der Waals surface area contributed by atoms with E-state index >= 15 is 0 Å². The van der Waals surface area contributed by atoms with Gasteiger partial charge in [-0.2, -0.15) is 0 Å². The van der Waals surface area contributed by atoms with Crippen LogP contribution < -0.4 is 0 Å². The van der Waals surface area contributed by atoms with Crippen molar-refractivity contribution in [1.29, 1.82) is 0 Å². The first kappa shape index (κ1) is 9.42. The van der Waals surface area contributed by atoms with Gasteiger partial charge < -0.3 is 5.11 Å². The van der Waals surface area contributed by atoms with Gasteiger partial charge in [0.2, 0.25) is 5.78 Å². The van der Waals surface area contributed by atoms with E-state index in [9.17, 15) is 18.0 Å². The summed E-state index contributed by atoms with van der Waals surface area (Å²) < 4.78 is 34.7. The van der Waals surface area contributed by atoms with E-state index in [-0.39, 0.29) is 0 Å². The summed E-state index contributed by atoms with van der Waals surface area (Å²) >= 11 is 0. The van der Waals surface area contributed by atoms with Crippen LogP contribution >= 0.6 is 0 Å². The van der Waals surface area contributed by atoms with E-state index in [1.54, 1.807) is 0 Å². The summed E-state index contributed by atoms with van der Waals surface area (Å²) in [6.07, 6.45) is -6.06. The standard InChI is InChI=1S/C5H7F3O2/c6-3(1-2-9)4(10)5(7)8/h3,5,9H,1-2H2. The number of hydrogen-bond donors (Lipinski definition) is 1. The lowest BCUT2D eigenvalue weighted by Gasteiger charge is -2.02. The van der Waals surface area contributed by atoms with Crippen LogP contribution in [0.25, 0.3) is 0 Å². The summed E-state index contributed by atoms with van der Waals surface area (Å²) in [4.78, 5) is 10.00. The maximum Gasteiger partial charge on any atom is 0.298 e. The van der Waals surface area contributed by atoms with Crippen molar-refractivity contribution in [3.05, 3.63) is 0 Å². The van der Waals surface area contributed by atoms with E-state index in [1.165, 1.54) is 0 Å². The molecule has 1 N–H and O–H groups in total. The number of rotatable bonds is 4. The highest BCUT2D eigenvalue weighted by atomic mass is 19.3. The Bertz CT molecular complexity index is 115. The predicted octanol–water partition coefficient (Wildman–Crippen LogP) is 0.541. The van der Waals surface area contributed by atoms with E-state index in [4.69, 9.17) is 5.11 Å². The smallest absolute Gasteiger partial charge is 0.298 e. The van der Waals surface area contributed by atoms with Gasteiger partial charge in [0.15, 0.2) is 6.17 Å². The molecule has 0 spiro atoms. The maximum atomic E-state index is 12.1. The number of hydrogen-bond acceptors (Lipinski definition) is 2. The summed E-state index contributed by atoms with van der Waals surface area (Å²) in [5.74, 6) is -1.76. The van der Waals surface area contributed by atoms with Gasteiger partial charge in [-0.15, -0.1) is 0 Å². The zero-order chi connectivity index (χ0) is 8.15. The topological polar surface area (TPSA) is 37.3 Å². The molecule has 0 bridgehead atoms. The lowest BCUT2D eigenvalue weighted by Crippen LogP contribution is -2.23. The molecule has 10 heavy (non-hydrogen) atoms. The fraction of sp³-hybridized carbons (Fsp3) is 0.800. The molecule has 0 saturated heterocycles. The average Bonchev–Trinajstić information content (AvgIpc) is 1.87. The second-order valence-electron chi connectivity index (χ2n) is 1.68. The summed E-state index contributed by atoms with van der Waals surface area (Å²) in [5, 5.41) is 8.03. The number of carbonyl (C=O) groups is 1. The molecule has 0 aromatic heterocycles. The van der Waals surface area contributed by atoms with Gasteiger partial charge in [0.25, 0.3) is 6.43 Å². The third-order valence-electron chi connectivity index (χ3n) is 0.906. The number of halogens is 3. The first-order valence-corrected chi connectivity index (χ1v) is 2.66. The van der Waals surface area contributed by atoms with Crippen molar-refractivity contribution in [2.45, 2.75) is 19.0 Å². The molecule has 0 aliphatic carbocycles. The van der Waals surface area contributed by atoms with Gasteiger partial charge in [-0.3, -0.25) is 4.79 Å². The zero-order valence-corrected chi connectivity index (χ0v) is 5.06. The number of alkyl halides is 3. The normalized spacial score (nSPS) is 13.7. The number of Topliss-reactive ketones (excluding diaryl/α,β-unsaturated/α-hetero) is 1. The fourth-order valence-corrected chi connectivity index (χ4v) is 0.392. The van der Waals surface area contributed by atoms with E-state index in [0.29, 0.717) is 0 Å². The molecule has 1 unspecified atom stereocenters. The van der Waals surface area contributed by atoms with Crippen LogP contribution in [0.4, 0.5) is 13.2 Å². The van der Waals surface area contributed by atoms with E-state index in [0.717, 1.165) is 0 Å². The monoisotopic (exact) mass is 156 g/mol. The molecule has 0 amide bonds. The van der Waals surface area contributed by atoms with Crippen LogP contribution in [-0.2, 0) is 4.79 Å². The molecule has 0 aliphatic rings. The first-order valence-electron chi connectivity index (χ1n) is 2.66. The van der Waals surface area contributed by atoms with Crippen LogP contribution in [0.5, 0.6) is 0 Å². The van der Waals surface area contributed by atoms with Gasteiger partial charge in [-0.1, -0.05) is 0 Å². The van der Waals surface area contributed by atoms with Crippen molar-refractivity contribution in [3.8, 4) is 0 Å². The molecular weight excluding hydrogens is 149 g/mol. The Kier molecular flexibility index (Phi) is 4.02. The van der Waals surface area contributed by atoms with Crippen LogP contribution in [-0.4, -0.2) is 30.1 Å². The Labute approximate surface area is 55.7 Å². The van der Waals surface area contributed by atoms with Crippen molar-refractivity contribution >= 4 is 5.78 Å². The molecule has 0 aromatic rings. The Morgan fingerprint density at radius 1 is 1.40 bits per heavy atom. The van der Waals surface area contributed by atoms with Gasteiger partial charge in [-0.05, 0) is 0 Å². The zero-order valence-electron chi connectivity index (χ0n) is 5.06. The largest absolute Gasteiger partial charge is 0.396 e. The second-order valence-corrected chi connectivity index (χ2v) is 1.68. The molecular formula is C5H7F3O2. The lowest BCUT2D eigenvalue weighted by atomic mass is 10.2. The van der Waals surface area contributed by atoms with Crippen LogP contribution in [0.1, 0.15) is 6.42 Å². The summed E-state index contributed by atoms with van der Waals surface area (Å²) in [7, 11) is 0. The highest BCUT2D eigenvalue weighted by molar-refractivity contribution is 5.85. The lowest BCUT2D eigenvalue weighted by molar-refractivity contribution is -0.135. The number of aliphatic hydroxyl groups is 1. The minimum Gasteiger partial charge on any atom is -0.396 e. The molecule has 60 valence electrons. The maximum absolute atomic E-state index is 12.1. The van der Waals surface area contributed by atoms with E-state index in [2.05, 4.69) is 0 Å². The minimum atomic E-state index is -3.28. The van der Waals surface area contributed by atoms with E-state index in [1.807, 2.05) is 0 Å². The van der Waals surface area contributed by atoms with E-state index < -0.39 is 31.4 Å². The third-order valence-corrected chi connectivity index (χ3v) is 0.906. The Morgan fingerprint density at radius 2 is 1.90 bits per heavy atom. The molecule has 0 saturated carbocycles. The first-order chi connectivity index (χ1) is 4.59. The summed E-state index contributed by atoms with van der Waals surface area (Å²) in [6, 6.07) is 0. The number of ketones is 1. The van der Waals surface area contributed by atoms with Gasteiger partial charge in [-0.25, -0.2) is 13.2 Å². The quantitative estimate of drug-likeness (QED) is 0.645. The van der Waals surface area contributed by atoms with Crippen LogP contribution in [0.15, 0.2) is 0 Å². The molecule has 5 heteroatoms. The minimum absolute atomic E-state index is 0.552. The van der Waals surface area contributed by atoms with Crippen LogP contribution in [0, 0.1) is 0 Å². The number of carbonyl (C=O) groups excluding carboxylic acids is 1. The van der Waals surface area contributed by atoms with Crippen molar-refractivity contribution < 1.29 is 23.1 Å². The van der Waals surface area contributed by atoms with Crippen molar-refractivity contribution in [1.82, 2.24) is 0 Å². The van der Waals surface area contributed by atoms with Crippen LogP contribution in [0.3, 0.4) is 0 Å². The van der Waals surface area contributed by atoms with Crippen molar-refractivity contribution in [2.75, 3.05) is 6.61 Å². The van der Waals surface area contributed by atoms with Gasteiger partial charge in [0, 0.05) is 13.0 Å². The molecule has 2 nitrogen and oxygen atoms in total. The highest BCUT2D eigenvalue weighted by Gasteiger charge is 2.25. The molecule has 0 fully saturated rings. The predicted molar refractivity (Wildman–Crippen MR) is 27.6 cm³/mol. The Hall–Kier alpha value is -0.580. The summed E-state index contributed by atoms with van der Waals surface area (Å²) in [6.45, 7) is -0.598. The third kappa shape index (κ3) is 2.82. The van der Waals surface area contributed by atoms with Crippen molar-refractivity contribution in [3.63, 3.8) is 0 Å². The van der Waals surface area contributed by atoms with Gasteiger partial charge >= 0.3 is 0 Å². The number of aliphatic hydroxyl groups excluding tert-OH is 1. The van der Waals surface area contributed by atoms with Gasteiger partial charge in [0.05, 0.1) is 0 Å². The molecule has 0 heterocycles. The summed E-state index contributed by atoms with van der Waals surface area (Å²) in [5.41, 5.74) is 0.